The lowest BCUT2D eigenvalue weighted by atomic mass is 10.3. The minimum absolute atomic E-state index is 0.132. The summed E-state index contributed by atoms with van der Waals surface area (Å²) < 4.78 is 11.3. The summed E-state index contributed by atoms with van der Waals surface area (Å²) in [6.07, 6.45) is 4.53. The van der Waals surface area contributed by atoms with Crippen molar-refractivity contribution < 1.29 is 9.47 Å². The first-order valence-electron chi connectivity index (χ1n) is 5.70. The molecule has 1 fully saturated rings. The molecule has 4 nitrogen and oxygen atoms in total. The third-order valence-electron chi connectivity index (χ3n) is 2.29. The molecule has 16 heavy (non-hydrogen) atoms. The molecule has 0 atom stereocenters. The van der Waals surface area contributed by atoms with Crippen LogP contribution >= 0.6 is 0 Å². The molecule has 1 aliphatic carbocycles. The Morgan fingerprint density at radius 2 is 2.19 bits per heavy atom. The molecule has 1 aromatic heterocycles. The quantitative estimate of drug-likeness (QED) is 0.831. The van der Waals surface area contributed by atoms with E-state index in [0.29, 0.717) is 12.0 Å². The van der Waals surface area contributed by atoms with Crippen LogP contribution in [0.3, 0.4) is 0 Å². The first-order valence-corrected chi connectivity index (χ1v) is 5.70. The Labute approximate surface area is 96.0 Å². The fourth-order valence-electron chi connectivity index (χ4n) is 1.38. The number of hydrogen-bond acceptors (Lipinski definition) is 4. The topological polar surface area (TPSA) is 43.4 Å². The van der Waals surface area contributed by atoms with E-state index >= 15 is 0 Å². The van der Waals surface area contributed by atoms with E-state index in [1.54, 1.807) is 6.20 Å². The molecule has 0 saturated heterocycles. The summed E-state index contributed by atoms with van der Waals surface area (Å²) in [7, 11) is 1.87. The van der Waals surface area contributed by atoms with Crippen molar-refractivity contribution in [1.29, 1.82) is 0 Å². The molecule has 0 spiro atoms. The van der Waals surface area contributed by atoms with Crippen molar-refractivity contribution in [2.75, 3.05) is 12.4 Å². The molecule has 4 heteroatoms. The SMILES string of the molecule is CNc1cc(OC(C)C)ncc1OC1CC1. The summed E-state index contributed by atoms with van der Waals surface area (Å²) in [5, 5.41) is 3.10. The Morgan fingerprint density at radius 3 is 2.75 bits per heavy atom. The van der Waals surface area contributed by atoms with Crippen LogP contribution in [0.4, 0.5) is 5.69 Å². The summed E-state index contributed by atoms with van der Waals surface area (Å²) >= 11 is 0. The van der Waals surface area contributed by atoms with E-state index in [4.69, 9.17) is 9.47 Å². The van der Waals surface area contributed by atoms with E-state index in [-0.39, 0.29) is 6.10 Å². The van der Waals surface area contributed by atoms with Crippen LogP contribution in [0.1, 0.15) is 26.7 Å². The molecule has 1 aliphatic rings. The summed E-state index contributed by atoms with van der Waals surface area (Å²) in [5.41, 5.74) is 0.928. The van der Waals surface area contributed by atoms with Crippen molar-refractivity contribution in [2.45, 2.75) is 38.9 Å². The number of nitrogens with one attached hydrogen (secondary N) is 1. The Balaban J connectivity index is 2.12. The Kier molecular flexibility index (Phi) is 3.17. The molecule has 0 amide bonds. The summed E-state index contributed by atoms with van der Waals surface area (Å²) in [6, 6.07) is 1.87. The summed E-state index contributed by atoms with van der Waals surface area (Å²) in [4.78, 5) is 4.22. The van der Waals surface area contributed by atoms with Crippen molar-refractivity contribution in [3.8, 4) is 11.6 Å². The van der Waals surface area contributed by atoms with E-state index in [1.807, 2.05) is 27.0 Å². The van der Waals surface area contributed by atoms with Gasteiger partial charge in [-0.25, -0.2) is 4.98 Å². The second-order valence-corrected chi connectivity index (χ2v) is 4.25. The lowest BCUT2D eigenvalue weighted by molar-refractivity contribution is 0.231. The standard InChI is InChI=1S/C12H18N2O2/c1-8(2)15-12-6-10(13-3)11(7-14-12)16-9-4-5-9/h6-9H,4-5H2,1-3H3,(H,13,14). The number of nitrogens with zero attached hydrogens (tertiary/aromatic N) is 1. The number of aromatic nitrogens is 1. The third-order valence-corrected chi connectivity index (χ3v) is 2.29. The van der Waals surface area contributed by atoms with Gasteiger partial charge in [0, 0.05) is 13.1 Å². The van der Waals surface area contributed by atoms with Crippen molar-refractivity contribution in [3.63, 3.8) is 0 Å². The molecule has 2 rings (SSSR count). The van der Waals surface area contributed by atoms with E-state index in [1.165, 1.54) is 0 Å². The van der Waals surface area contributed by atoms with Gasteiger partial charge < -0.3 is 14.8 Å². The van der Waals surface area contributed by atoms with Gasteiger partial charge in [0.1, 0.15) is 0 Å². The molecule has 0 aromatic carbocycles. The van der Waals surface area contributed by atoms with Crippen LogP contribution in [0.5, 0.6) is 11.6 Å². The molecule has 0 aliphatic heterocycles. The lowest BCUT2D eigenvalue weighted by Crippen LogP contribution is -2.08. The maximum atomic E-state index is 5.73. The van der Waals surface area contributed by atoms with Crippen molar-refractivity contribution in [2.24, 2.45) is 0 Å². The van der Waals surface area contributed by atoms with Crippen LogP contribution in [0, 0.1) is 0 Å². The van der Waals surface area contributed by atoms with Crippen molar-refractivity contribution >= 4 is 5.69 Å². The Morgan fingerprint density at radius 1 is 1.44 bits per heavy atom. The maximum absolute atomic E-state index is 5.73. The van der Waals surface area contributed by atoms with Crippen LogP contribution < -0.4 is 14.8 Å². The number of anilines is 1. The van der Waals surface area contributed by atoms with E-state index in [0.717, 1.165) is 24.3 Å². The van der Waals surface area contributed by atoms with Crippen LogP contribution in [-0.2, 0) is 0 Å². The van der Waals surface area contributed by atoms with Gasteiger partial charge in [0.2, 0.25) is 5.88 Å². The second kappa shape index (κ2) is 4.60. The molecule has 1 aromatic rings. The Hall–Kier alpha value is -1.45. The monoisotopic (exact) mass is 222 g/mol. The molecule has 1 saturated carbocycles. The van der Waals surface area contributed by atoms with Gasteiger partial charge in [-0.05, 0) is 26.7 Å². The van der Waals surface area contributed by atoms with E-state index in [2.05, 4.69) is 10.3 Å². The highest BCUT2D eigenvalue weighted by molar-refractivity contribution is 5.57. The van der Waals surface area contributed by atoms with Gasteiger partial charge in [-0.1, -0.05) is 0 Å². The molecule has 0 bridgehead atoms. The highest BCUT2D eigenvalue weighted by Gasteiger charge is 2.24. The predicted octanol–water partition coefficient (Wildman–Crippen LogP) is 2.45. The molecule has 0 unspecified atom stereocenters. The molecular weight excluding hydrogens is 204 g/mol. The molecule has 0 radical (unpaired) electrons. The maximum Gasteiger partial charge on any atom is 0.215 e. The smallest absolute Gasteiger partial charge is 0.215 e. The number of pyridine rings is 1. The van der Waals surface area contributed by atoms with Crippen LogP contribution in [0.2, 0.25) is 0 Å². The summed E-state index contributed by atoms with van der Waals surface area (Å²) in [6.45, 7) is 3.96. The fourth-order valence-corrected chi connectivity index (χ4v) is 1.38. The molecular formula is C12H18N2O2. The zero-order valence-corrected chi connectivity index (χ0v) is 9.99. The highest BCUT2D eigenvalue weighted by Crippen LogP contribution is 2.33. The van der Waals surface area contributed by atoms with Gasteiger partial charge in [-0.15, -0.1) is 0 Å². The molecule has 1 heterocycles. The first kappa shape index (κ1) is 11.0. The van der Waals surface area contributed by atoms with Crippen LogP contribution in [0.15, 0.2) is 12.3 Å². The molecule has 1 N–H and O–H groups in total. The van der Waals surface area contributed by atoms with Crippen molar-refractivity contribution in [3.05, 3.63) is 12.3 Å². The van der Waals surface area contributed by atoms with Crippen molar-refractivity contribution in [1.82, 2.24) is 4.98 Å². The number of ether oxygens (including phenoxy) is 2. The van der Waals surface area contributed by atoms with Gasteiger partial charge >= 0.3 is 0 Å². The number of rotatable bonds is 5. The van der Waals surface area contributed by atoms with Gasteiger partial charge in [-0.2, -0.15) is 0 Å². The predicted molar refractivity (Wildman–Crippen MR) is 63.2 cm³/mol. The van der Waals surface area contributed by atoms with Gasteiger partial charge in [0.05, 0.1) is 24.1 Å². The zero-order valence-electron chi connectivity index (χ0n) is 9.99. The van der Waals surface area contributed by atoms with Gasteiger partial charge in [-0.3, -0.25) is 0 Å². The van der Waals surface area contributed by atoms with Crippen LogP contribution in [0.25, 0.3) is 0 Å². The van der Waals surface area contributed by atoms with Gasteiger partial charge in [0.25, 0.3) is 0 Å². The van der Waals surface area contributed by atoms with E-state index in [9.17, 15) is 0 Å². The lowest BCUT2D eigenvalue weighted by Gasteiger charge is -2.13. The zero-order chi connectivity index (χ0) is 11.5. The average molecular weight is 222 g/mol. The minimum Gasteiger partial charge on any atom is -0.487 e. The van der Waals surface area contributed by atoms with E-state index < -0.39 is 0 Å². The normalized spacial score (nSPS) is 15.0. The minimum atomic E-state index is 0.132. The third kappa shape index (κ3) is 2.78. The highest BCUT2D eigenvalue weighted by atomic mass is 16.5. The Bertz CT molecular complexity index is 362. The fraction of sp³-hybridized carbons (Fsp3) is 0.583. The summed E-state index contributed by atoms with van der Waals surface area (Å²) in [5.74, 6) is 1.43. The second-order valence-electron chi connectivity index (χ2n) is 4.25. The first-order chi connectivity index (χ1) is 7.69. The van der Waals surface area contributed by atoms with Gasteiger partial charge in [0.15, 0.2) is 5.75 Å². The van der Waals surface area contributed by atoms with Crippen LogP contribution in [-0.4, -0.2) is 24.2 Å². The largest absolute Gasteiger partial charge is 0.487 e. The molecule has 88 valence electrons. The average Bonchev–Trinajstić information content (AvgIpc) is 3.03. The number of hydrogen-bond donors (Lipinski definition) is 1.